The molecule has 3 atom stereocenters. The molecule has 0 bridgehead atoms. The molecule has 0 aliphatic heterocycles. The monoisotopic (exact) mass is 259 g/mol. The van der Waals surface area contributed by atoms with Crippen LogP contribution in [-0.4, -0.2) is 45.2 Å². The molecule has 3 unspecified atom stereocenters. The van der Waals surface area contributed by atoms with Crippen LogP contribution in [0.25, 0.3) is 0 Å². The second-order valence-corrected chi connectivity index (χ2v) is 5.05. The summed E-state index contributed by atoms with van der Waals surface area (Å²) in [7, 11) is 1.67. The molecule has 1 saturated carbocycles. The maximum Gasteiger partial charge on any atom is 0.0989 e. The van der Waals surface area contributed by atoms with Crippen LogP contribution in [0.3, 0.4) is 0 Å². The molecule has 0 aromatic rings. The van der Waals surface area contributed by atoms with Crippen molar-refractivity contribution in [3.05, 3.63) is 0 Å². The molecule has 108 valence electrons. The van der Waals surface area contributed by atoms with Crippen LogP contribution in [0.5, 0.6) is 0 Å². The van der Waals surface area contributed by atoms with Gasteiger partial charge in [0.05, 0.1) is 25.4 Å². The van der Waals surface area contributed by atoms with Crippen LogP contribution in [0.15, 0.2) is 0 Å². The molecule has 1 rings (SSSR count). The molecule has 18 heavy (non-hydrogen) atoms. The number of ether oxygens (including phenoxy) is 3. The van der Waals surface area contributed by atoms with Crippen molar-refractivity contribution in [3.8, 4) is 0 Å². The molecule has 0 aromatic carbocycles. The van der Waals surface area contributed by atoms with Gasteiger partial charge in [0.25, 0.3) is 0 Å². The smallest absolute Gasteiger partial charge is 0.0989 e. The Bertz CT molecular complexity index is 201. The molecular formula is C14H29NO3. The Kier molecular flexibility index (Phi) is 8.59. The van der Waals surface area contributed by atoms with E-state index in [9.17, 15) is 0 Å². The molecular weight excluding hydrogens is 230 g/mol. The Hall–Kier alpha value is -0.160. The fourth-order valence-electron chi connectivity index (χ4n) is 2.22. The number of hydrogen-bond acceptors (Lipinski definition) is 4. The van der Waals surface area contributed by atoms with Crippen molar-refractivity contribution < 1.29 is 14.2 Å². The number of methoxy groups -OCH3 is 1. The average molecular weight is 259 g/mol. The molecule has 0 heterocycles. The number of rotatable bonds is 11. The van der Waals surface area contributed by atoms with E-state index in [0.29, 0.717) is 13.2 Å². The summed E-state index contributed by atoms with van der Waals surface area (Å²) in [6.45, 7) is 4.29. The van der Waals surface area contributed by atoms with Crippen LogP contribution in [0, 0.1) is 0 Å². The summed E-state index contributed by atoms with van der Waals surface area (Å²) >= 11 is 0. The summed E-state index contributed by atoms with van der Waals surface area (Å²) in [6, 6.07) is 0.131. The van der Waals surface area contributed by atoms with Crippen molar-refractivity contribution in [2.45, 2.75) is 63.7 Å². The van der Waals surface area contributed by atoms with E-state index in [2.05, 4.69) is 6.92 Å². The van der Waals surface area contributed by atoms with Crippen molar-refractivity contribution in [2.24, 2.45) is 5.73 Å². The van der Waals surface area contributed by atoms with E-state index in [4.69, 9.17) is 19.9 Å². The molecule has 0 saturated heterocycles. The van der Waals surface area contributed by atoms with Crippen molar-refractivity contribution in [1.29, 1.82) is 0 Å². The second kappa shape index (κ2) is 9.73. The van der Waals surface area contributed by atoms with Crippen molar-refractivity contribution >= 4 is 0 Å². The van der Waals surface area contributed by atoms with Crippen LogP contribution < -0.4 is 5.73 Å². The second-order valence-electron chi connectivity index (χ2n) is 5.05. The van der Waals surface area contributed by atoms with Crippen LogP contribution in [0.1, 0.15) is 45.4 Å². The van der Waals surface area contributed by atoms with Gasteiger partial charge in [-0.2, -0.15) is 0 Å². The standard InChI is InChI=1S/C14H29NO3/c1-3-4-5-6-7-8-17-13-11-12(15)14(13)18-10-9-16-2/h12-14H,3-11,15H2,1-2H3. The summed E-state index contributed by atoms with van der Waals surface area (Å²) in [5.74, 6) is 0. The SMILES string of the molecule is CCCCCCCOC1CC(N)C1OCCOC. The van der Waals surface area contributed by atoms with Gasteiger partial charge in [0.15, 0.2) is 0 Å². The van der Waals surface area contributed by atoms with Gasteiger partial charge >= 0.3 is 0 Å². The van der Waals surface area contributed by atoms with Crippen LogP contribution in [-0.2, 0) is 14.2 Å². The zero-order valence-electron chi connectivity index (χ0n) is 11.9. The van der Waals surface area contributed by atoms with Crippen LogP contribution in [0.4, 0.5) is 0 Å². The highest BCUT2D eigenvalue weighted by Crippen LogP contribution is 2.26. The lowest BCUT2D eigenvalue weighted by Gasteiger charge is -2.41. The summed E-state index contributed by atoms with van der Waals surface area (Å²) < 4.78 is 16.5. The minimum absolute atomic E-state index is 0.0655. The summed E-state index contributed by atoms with van der Waals surface area (Å²) in [5.41, 5.74) is 5.92. The van der Waals surface area contributed by atoms with E-state index in [1.54, 1.807) is 7.11 Å². The first-order valence-corrected chi connectivity index (χ1v) is 7.27. The molecule has 0 spiro atoms. The normalized spacial score (nSPS) is 27.2. The van der Waals surface area contributed by atoms with Crippen LogP contribution in [0.2, 0.25) is 0 Å². The fourth-order valence-corrected chi connectivity index (χ4v) is 2.22. The first kappa shape index (κ1) is 15.9. The molecule has 1 fully saturated rings. The molecule has 0 aromatic heterocycles. The molecule has 2 N–H and O–H groups in total. The highest BCUT2D eigenvalue weighted by atomic mass is 16.6. The third kappa shape index (κ3) is 5.65. The lowest BCUT2D eigenvalue weighted by Crippen LogP contribution is -2.58. The topological polar surface area (TPSA) is 53.7 Å². The van der Waals surface area contributed by atoms with Gasteiger partial charge in [-0.3, -0.25) is 0 Å². The van der Waals surface area contributed by atoms with Gasteiger partial charge in [-0.1, -0.05) is 32.6 Å². The Morgan fingerprint density at radius 2 is 1.78 bits per heavy atom. The van der Waals surface area contributed by atoms with E-state index in [1.807, 2.05) is 0 Å². The first-order valence-electron chi connectivity index (χ1n) is 7.27. The maximum atomic E-state index is 5.92. The predicted octanol–water partition coefficient (Wildman–Crippen LogP) is 2.10. The summed E-state index contributed by atoms with van der Waals surface area (Å²) in [4.78, 5) is 0. The van der Waals surface area contributed by atoms with Crippen molar-refractivity contribution in [1.82, 2.24) is 0 Å². The van der Waals surface area contributed by atoms with E-state index in [0.717, 1.165) is 19.4 Å². The maximum absolute atomic E-state index is 5.92. The number of nitrogens with two attached hydrogens (primary N) is 1. The largest absolute Gasteiger partial charge is 0.382 e. The molecule has 0 radical (unpaired) electrons. The van der Waals surface area contributed by atoms with Gasteiger partial charge in [0.1, 0.15) is 0 Å². The van der Waals surface area contributed by atoms with Gasteiger partial charge in [0, 0.05) is 19.8 Å². The van der Waals surface area contributed by atoms with Gasteiger partial charge in [0.2, 0.25) is 0 Å². The van der Waals surface area contributed by atoms with Gasteiger partial charge < -0.3 is 19.9 Å². The molecule has 4 nitrogen and oxygen atoms in total. The quantitative estimate of drug-likeness (QED) is 0.577. The lowest BCUT2D eigenvalue weighted by molar-refractivity contribution is -0.145. The molecule has 4 heteroatoms. The third-order valence-electron chi connectivity index (χ3n) is 3.47. The zero-order valence-corrected chi connectivity index (χ0v) is 11.9. The first-order chi connectivity index (χ1) is 8.79. The molecule has 1 aliphatic carbocycles. The highest BCUT2D eigenvalue weighted by molar-refractivity contribution is 4.95. The zero-order chi connectivity index (χ0) is 13.2. The lowest BCUT2D eigenvalue weighted by atomic mass is 9.86. The van der Waals surface area contributed by atoms with Crippen molar-refractivity contribution in [3.63, 3.8) is 0 Å². The minimum Gasteiger partial charge on any atom is -0.382 e. The minimum atomic E-state index is 0.0655. The van der Waals surface area contributed by atoms with Crippen LogP contribution >= 0.6 is 0 Å². The Balaban J connectivity index is 2.00. The van der Waals surface area contributed by atoms with E-state index in [-0.39, 0.29) is 18.2 Å². The fraction of sp³-hybridized carbons (Fsp3) is 1.00. The third-order valence-corrected chi connectivity index (χ3v) is 3.47. The Labute approximate surface area is 111 Å². The van der Waals surface area contributed by atoms with Gasteiger partial charge in [-0.05, 0) is 12.8 Å². The van der Waals surface area contributed by atoms with E-state index < -0.39 is 0 Å². The summed E-state index contributed by atoms with van der Waals surface area (Å²) in [6.07, 6.45) is 7.53. The number of hydrogen-bond donors (Lipinski definition) is 1. The van der Waals surface area contributed by atoms with E-state index >= 15 is 0 Å². The van der Waals surface area contributed by atoms with Gasteiger partial charge in [-0.15, -0.1) is 0 Å². The summed E-state index contributed by atoms with van der Waals surface area (Å²) in [5, 5.41) is 0. The van der Waals surface area contributed by atoms with Gasteiger partial charge in [-0.25, -0.2) is 0 Å². The Morgan fingerprint density at radius 1 is 1.00 bits per heavy atom. The Morgan fingerprint density at radius 3 is 2.44 bits per heavy atom. The van der Waals surface area contributed by atoms with Crippen molar-refractivity contribution in [2.75, 3.05) is 26.9 Å². The number of unbranched alkanes of at least 4 members (excludes halogenated alkanes) is 4. The molecule has 0 amide bonds. The highest BCUT2D eigenvalue weighted by Gasteiger charge is 2.40. The predicted molar refractivity (Wildman–Crippen MR) is 72.7 cm³/mol. The average Bonchev–Trinajstić information content (AvgIpc) is 2.37. The molecule has 1 aliphatic rings. The van der Waals surface area contributed by atoms with E-state index in [1.165, 1.54) is 25.7 Å².